The number of nitrogens with one attached hydrogen (secondary N) is 1. The van der Waals surface area contributed by atoms with Crippen LogP contribution >= 0.6 is 0 Å². The van der Waals surface area contributed by atoms with Crippen molar-refractivity contribution in [2.75, 3.05) is 26.2 Å². The van der Waals surface area contributed by atoms with Crippen LogP contribution in [0, 0.1) is 0 Å². The van der Waals surface area contributed by atoms with Crippen LogP contribution in [-0.4, -0.2) is 48.3 Å². The maximum absolute atomic E-state index is 9.32. The topological polar surface area (TPSA) is 35.5 Å². The third-order valence-electron chi connectivity index (χ3n) is 2.69. The van der Waals surface area contributed by atoms with E-state index in [1.807, 2.05) is 6.92 Å². The van der Waals surface area contributed by atoms with Crippen LogP contribution in [0.3, 0.4) is 0 Å². The fourth-order valence-electron chi connectivity index (χ4n) is 2.02. The maximum atomic E-state index is 9.32. The summed E-state index contributed by atoms with van der Waals surface area (Å²) in [5.41, 5.74) is 0. The smallest absolute Gasteiger partial charge is 0.0639 e. The highest BCUT2D eigenvalue weighted by Crippen LogP contribution is 2.10. The van der Waals surface area contributed by atoms with Crippen molar-refractivity contribution in [3.05, 3.63) is 0 Å². The number of aliphatic hydroxyl groups excluding tert-OH is 1. The van der Waals surface area contributed by atoms with Gasteiger partial charge in [-0.15, -0.1) is 0 Å². The monoisotopic (exact) mass is 186 g/mol. The molecule has 2 unspecified atom stereocenters. The second-order valence-electron chi connectivity index (χ2n) is 3.94. The average molecular weight is 186 g/mol. The Morgan fingerprint density at radius 3 is 2.85 bits per heavy atom. The van der Waals surface area contributed by atoms with Gasteiger partial charge in [-0.25, -0.2) is 0 Å². The lowest BCUT2D eigenvalue weighted by molar-refractivity contribution is 0.0915. The number of piperidine rings is 1. The third kappa shape index (κ3) is 3.63. The van der Waals surface area contributed by atoms with Gasteiger partial charge in [0, 0.05) is 19.1 Å². The van der Waals surface area contributed by atoms with E-state index in [0.29, 0.717) is 6.04 Å². The summed E-state index contributed by atoms with van der Waals surface area (Å²) in [5.74, 6) is 0. The first-order valence-electron chi connectivity index (χ1n) is 5.37. The van der Waals surface area contributed by atoms with Crippen molar-refractivity contribution in [2.45, 2.75) is 38.8 Å². The van der Waals surface area contributed by atoms with E-state index in [4.69, 9.17) is 0 Å². The molecule has 0 amide bonds. The Hall–Kier alpha value is -0.120. The van der Waals surface area contributed by atoms with Crippen molar-refractivity contribution in [3.63, 3.8) is 0 Å². The zero-order valence-corrected chi connectivity index (χ0v) is 8.79. The first-order valence-corrected chi connectivity index (χ1v) is 5.37. The molecule has 0 saturated carbocycles. The molecule has 1 heterocycles. The zero-order chi connectivity index (χ0) is 9.68. The van der Waals surface area contributed by atoms with E-state index < -0.39 is 0 Å². The maximum Gasteiger partial charge on any atom is 0.0639 e. The van der Waals surface area contributed by atoms with Crippen LogP contribution in [0.25, 0.3) is 0 Å². The molecule has 78 valence electrons. The van der Waals surface area contributed by atoms with Gasteiger partial charge < -0.3 is 10.4 Å². The van der Waals surface area contributed by atoms with Gasteiger partial charge in [0.25, 0.3) is 0 Å². The standard InChI is InChI=1S/C10H22N2O/c1-3-12(8-9(2)13)10-5-4-6-11-7-10/h9-11,13H,3-8H2,1-2H3. The molecule has 0 aromatic rings. The molecule has 1 aliphatic rings. The molecule has 2 N–H and O–H groups in total. The Morgan fingerprint density at radius 1 is 1.62 bits per heavy atom. The van der Waals surface area contributed by atoms with Gasteiger partial charge in [-0.3, -0.25) is 4.90 Å². The van der Waals surface area contributed by atoms with Crippen molar-refractivity contribution in [2.24, 2.45) is 0 Å². The molecule has 0 radical (unpaired) electrons. The molecule has 2 atom stereocenters. The van der Waals surface area contributed by atoms with Crippen LogP contribution in [-0.2, 0) is 0 Å². The second kappa shape index (κ2) is 5.58. The lowest BCUT2D eigenvalue weighted by Gasteiger charge is -2.34. The lowest BCUT2D eigenvalue weighted by Crippen LogP contribution is -2.48. The first-order chi connectivity index (χ1) is 6.24. The second-order valence-corrected chi connectivity index (χ2v) is 3.94. The van der Waals surface area contributed by atoms with Crippen molar-refractivity contribution >= 4 is 0 Å². The minimum absolute atomic E-state index is 0.207. The molecule has 0 aromatic carbocycles. The number of likely N-dealkylation sites (N-methyl/N-ethyl adjacent to an activating group) is 1. The van der Waals surface area contributed by atoms with Gasteiger partial charge in [0.15, 0.2) is 0 Å². The van der Waals surface area contributed by atoms with Crippen LogP contribution in [0.5, 0.6) is 0 Å². The van der Waals surface area contributed by atoms with E-state index in [-0.39, 0.29) is 6.10 Å². The number of aliphatic hydroxyl groups is 1. The number of hydrogen-bond donors (Lipinski definition) is 2. The molecule has 0 spiro atoms. The molecule has 1 rings (SSSR count). The Morgan fingerprint density at radius 2 is 2.38 bits per heavy atom. The van der Waals surface area contributed by atoms with Crippen LogP contribution in [0.15, 0.2) is 0 Å². The molecule has 1 aliphatic heterocycles. The van der Waals surface area contributed by atoms with Gasteiger partial charge in [0.2, 0.25) is 0 Å². The number of rotatable bonds is 4. The minimum atomic E-state index is -0.207. The van der Waals surface area contributed by atoms with Crippen molar-refractivity contribution in [1.82, 2.24) is 10.2 Å². The zero-order valence-electron chi connectivity index (χ0n) is 8.79. The molecule has 3 heteroatoms. The summed E-state index contributed by atoms with van der Waals surface area (Å²) in [7, 11) is 0. The van der Waals surface area contributed by atoms with Gasteiger partial charge in [0.05, 0.1) is 6.10 Å². The van der Waals surface area contributed by atoms with E-state index >= 15 is 0 Å². The Kier molecular flexibility index (Phi) is 4.70. The molecular weight excluding hydrogens is 164 g/mol. The molecule has 3 nitrogen and oxygen atoms in total. The van der Waals surface area contributed by atoms with E-state index in [9.17, 15) is 5.11 Å². The van der Waals surface area contributed by atoms with Crippen LogP contribution in [0.1, 0.15) is 26.7 Å². The SMILES string of the molecule is CCN(CC(C)O)C1CCCNC1. The predicted octanol–water partition coefficient (Wildman–Crippen LogP) is 0.441. The first kappa shape index (κ1) is 11.0. The van der Waals surface area contributed by atoms with E-state index in [1.54, 1.807) is 0 Å². The molecule has 1 saturated heterocycles. The van der Waals surface area contributed by atoms with Crippen LogP contribution in [0.4, 0.5) is 0 Å². The molecule has 0 aliphatic carbocycles. The number of nitrogens with zero attached hydrogens (tertiary/aromatic N) is 1. The van der Waals surface area contributed by atoms with Gasteiger partial charge in [0.1, 0.15) is 0 Å². The molecule has 0 bridgehead atoms. The molecular formula is C10H22N2O. The normalized spacial score (nSPS) is 26.3. The highest BCUT2D eigenvalue weighted by atomic mass is 16.3. The van der Waals surface area contributed by atoms with Crippen LogP contribution in [0.2, 0.25) is 0 Å². The van der Waals surface area contributed by atoms with Crippen molar-refractivity contribution in [3.8, 4) is 0 Å². The van der Waals surface area contributed by atoms with Crippen molar-refractivity contribution in [1.29, 1.82) is 0 Å². The van der Waals surface area contributed by atoms with E-state index in [2.05, 4.69) is 17.1 Å². The third-order valence-corrected chi connectivity index (χ3v) is 2.69. The average Bonchev–Trinajstić information content (AvgIpc) is 2.15. The van der Waals surface area contributed by atoms with Gasteiger partial charge in [-0.2, -0.15) is 0 Å². The summed E-state index contributed by atoms with van der Waals surface area (Å²) >= 11 is 0. The summed E-state index contributed by atoms with van der Waals surface area (Å²) < 4.78 is 0. The Labute approximate surface area is 81.1 Å². The largest absolute Gasteiger partial charge is 0.392 e. The molecule has 0 aromatic heterocycles. The Bertz CT molecular complexity index is 133. The van der Waals surface area contributed by atoms with Gasteiger partial charge in [-0.1, -0.05) is 6.92 Å². The minimum Gasteiger partial charge on any atom is -0.392 e. The van der Waals surface area contributed by atoms with E-state index in [1.165, 1.54) is 12.8 Å². The molecule has 1 fully saturated rings. The fraction of sp³-hybridized carbons (Fsp3) is 1.00. The Balaban J connectivity index is 2.34. The summed E-state index contributed by atoms with van der Waals surface area (Å²) in [6, 6.07) is 0.633. The van der Waals surface area contributed by atoms with Gasteiger partial charge in [-0.05, 0) is 32.9 Å². The number of hydrogen-bond acceptors (Lipinski definition) is 3. The summed E-state index contributed by atoms with van der Waals surface area (Å²) in [5, 5.41) is 12.7. The van der Waals surface area contributed by atoms with Crippen LogP contribution < -0.4 is 5.32 Å². The summed E-state index contributed by atoms with van der Waals surface area (Å²) in [6.45, 7) is 8.11. The van der Waals surface area contributed by atoms with Gasteiger partial charge >= 0.3 is 0 Å². The highest BCUT2D eigenvalue weighted by Gasteiger charge is 2.20. The van der Waals surface area contributed by atoms with Crippen molar-refractivity contribution < 1.29 is 5.11 Å². The lowest BCUT2D eigenvalue weighted by atomic mass is 10.1. The fourth-order valence-corrected chi connectivity index (χ4v) is 2.02. The summed E-state index contributed by atoms with van der Waals surface area (Å²) in [6.07, 6.45) is 2.33. The highest BCUT2D eigenvalue weighted by molar-refractivity contribution is 4.78. The predicted molar refractivity (Wildman–Crippen MR) is 54.8 cm³/mol. The summed E-state index contributed by atoms with van der Waals surface area (Å²) in [4.78, 5) is 2.37. The molecule has 13 heavy (non-hydrogen) atoms. The van der Waals surface area contributed by atoms with E-state index in [0.717, 1.165) is 26.2 Å². The quantitative estimate of drug-likeness (QED) is 0.669.